The number of benzene rings is 1. The summed E-state index contributed by atoms with van der Waals surface area (Å²) in [5.41, 5.74) is 5.93. The molecule has 0 bridgehead atoms. The minimum Gasteiger partial charge on any atom is -0.508 e. The number of nitrogens with one attached hydrogen (secondary N) is 3. The van der Waals surface area contributed by atoms with E-state index >= 15 is 0 Å². The van der Waals surface area contributed by atoms with Gasteiger partial charge in [-0.2, -0.15) is 12.6 Å². The highest BCUT2D eigenvalue weighted by Gasteiger charge is 2.24. The van der Waals surface area contributed by atoms with Gasteiger partial charge in [0.05, 0.1) is 13.2 Å². The van der Waals surface area contributed by atoms with Crippen LogP contribution < -0.4 is 21.7 Å². The van der Waals surface area contributed by atoms with Crippen molar-refractivity contribution in [1.82, 2.24) is 16.0 Å². The molecule has 12 heteroatoms. The standard InChI is InChI=1S/C17H24N4O7S/c18-11(7-22)15(25)21-13(8-29)16(26)19-6-14(24)20-12(17(27)28)5-9-1-3-10(23)4-2-9/h1-4,11-13,22-23,29H,5-8,18H2,(H,19,26)(H,20,24)(H,21,25)(H,27,28). The van der Waals surface area contributed by atoms with Crippen molar-refractivity contribution in [3.8, 4) is 5.75 Å². The molecule has 1 aromatic rings. The van der Waals surface area contributed by atoms with E-state index in [1.165, 1.54) is 24.3 Å². The molecular formula is C17H24N4O7S. The molecule has 0 aliphatic heterocycles. The largest absolute Gasteiger partial charge is 0.508 e. The third-order valence-corrected chi connectivity index (χ3v) is 4.15. The molecule has 29 heavy (non-hydrogen) atoms. The van der Waals surface area contributed by atoms with E-state index in [9.17, 15) is 29.4 Å². The van der Waals surface area contributed by atoms with E-state index in [-0.39, 0.29) is 17.9 Å². The molecule has 0 radical (unpaired) electrons. The zero-order chi connectivity index (χ0) is 22.0. The average Bonchev–Trinajstić information content (AvgIpc) is 2.70. The number of phenols is 1. The second kappa shape index (κ2) is 11.9. The average molecular weight is 428 g/mol. The van der Waals surface area contributed by atoms with E-state index in [0.717, 1.165) is 0 Å². The highest BCUT2D eigenvalue weighted by atomic mass is 32.1. The fraction of sp³-hybridized carbons (Fsp3) is 0.412. The molecule has 0 aliphatic rings. The molecule has 8 N–H and O–H groups in total. The zero-order valence-electron chi connectivity index (χ0n) is 15.4. The first-order valence-corrected chi connectivity index (χ1v) is 9.16. The van der Waals surface area contributed by atoms with E-state index in [0.29, 0.717) is 5.56 Å². The summed E-state index contributed by atoms with van der Waals surface area (Å²) in [5, 5.41) is 34.2. The number of thiol groups is 1. The van der Waals surface area contributed by atoms with Crippen molar-refractivity contribution in [3.63, 3.8) is 0 Å². The second-order valence-corrected chi connectivity index (χ2v) is 6.44. The van der Waals surface area contributed by atoms with Gasteiger partial charge in [-0.05, 0) is 17.7 Å². The Morgan fingerprint density at radius 3 is 2.17 bits per heavy atom. The van der Waals surface area contributed by atoms with Gasteiger partial charge in [-0.3, -0.25) is 14.4 Å². The van der Waals surface area contributed by atoms with Crippen molar-refractivity contribution in [1.29, 1.82) is 0 Å². The maximum atomic E-state index is 12.1. The number of carbonyl (C=O) groups excluding carboxylic acids is 3. The number of aliphatic hydroxyl groups excluding tert-OH is 1. The van der Waals surface area contributed by atoms with Gasteiger partial charge in [-0.1, -0.05) is 12.1 Å². The van der Waals surface area contributed by atoms with Gasteiger partial charge >= 0.3 is 5.97 Å². The van der Waals surface area contributed by atoms with E-state index < -0.39 is 55.0 Å². The Labute approximate surface area is 172 Å². The van der Waals surface area contributed by atoms with Crippen molar-refractivity contribution in [2.75, 3.05) is 18.9 Å². The molecule has 160 valence electrons. The van der Waals surface area contributed by atoms with Crippen LogP contribution in [0, 0.1) is 0 Å². The number of carboxylic acid groups (broad SMARTS) is 1. The summed E-state index contributed by atoms with van der Waals surface area (Å²) in [4.78, 5) is 47.1. The number of carbonyl (C=O) groups is 4. The molecule has 3 amide bonds. The van der Waals surface area contributed by atoms with Crippen LogP contribution in [0.25, 0.3) is 0 Å². The summed E-state index contributed by atoms with van der Waals surface area (Å²) >= 11 is 3.94. The Balaban J connectivity index is 2.57. The van der Waals surface area contributed by atoms with Gasteiger partial charge in [0.25, 0.3) is 0 Å². The molecule has 0 fully saturated rings. The second-order valence-electron chi connectivity index (χ2n) is 6.08. The highest BCUT2D eigenvalue weighted by molar-refractivity contribution is 7.80. The number of amides is 3. The number of rotatable bonds is 11. The lowest BCUT2D eigenvalue weighted by Crippen LogP contribution is -2.55. The molecule has 3 atom stereocenters. The first-order chi connectivity index (χ1) is 13.7. The molecule has 0 spiro atoms. The summed E-state index contributed by atoms with van der Waals surface area (Å²) in [5.74, 6) is -3.56. The van der Waals surface area contributed by atoms with Crippen molar-refractivity contribution >= 4 is 36.3 Å². The van der Waals surface area contributed by atoms with Crippen LogP contribution in [-0.4, -0.2) is 76.0 Å². The molecule has 0 heterocycles. The Morgan fingerprint density at radius 2 is 1.66 bits per heavy atom. The van der Waals surface area contributed by atoms with Gasteiger partial charge in [0.15, 0.2) is 0 Å². The first-order valence-electron chi connectivity index (χ1n) is 8.53. The summed E-state index contributed by atoms with van der Waals surface area (Å²) in [6.45, 7) is -1.13. The SMILES string of the molecule is NC(CO)C(=O)NC(CS)C(=O)NCC(=O)NC(Cc1ccc(O)cc1)C(=O)O. The number of hydrogen-bond acceptors (Lipinski definition) is 8. The van der Waals surface area contributed by atoms with Crippen molar-refractivity contribution in [2.24, 2.45) is 5.73 Å². The fourth-order valence-corrected chi connectivity index (χ4v) is 2.42. The van der Waals surface area contributed by atoms with Gasteiger partial charge < -0.3 is 37.0 Å². The lowest BCUT2D eigenvalue weighted by atomic mass is 10.1. The quantitative estimate of drug-likeness (QED) is 0.175. The van der Waals surface area contributed by atoms with Crippen LogP contribution in [0.15, 0.2) is 24.3 Å². The number of hydrogen-bond donors (Lipinski definition) is 8. The molecule has 1 aromatic carbocycles. The van der Waals surface area contributed by atoms with Gasteiger partial charge in [-0.15, -0.1) is 0 Å². The number of phenolic OH excluding ortho intramolecular Hbond substituents is 1. The van der Waals surface area contributed by atoms with Crippen molar-refractivity contribution in [3.05, 3.63) is 29.8 Å². The highest BCUT2D eigenvalue weighted by Crippen LogP contribution is 2.11. The predicted molar refractivity (Wildman–Crippen MR) is 105 cm³/mol. The number of aliphatic hydroxyl groups is 1. The number of carboxylic acids is 1. The van der Waals surface area contributed by atoms with Crippen LogP contribution in [0.3, 0.4) is 0 Å². The molecule has 11 nitrogen and oxygen atoms in total. The third-order valence-electron chi connectivity index (χ3n) is 3.78. The number of nitrogens with two attached hydrogens (primary N) is 1. The molecule has 0 saturated carbocycles. The smallest absolute Gasteiger partial charge is 0.326 e. The minimum absolute atomic E-state index is 0.0241. The van der Waals surface area contributed by atoms with Crippen molar-refractivity contribution < 1.29 is 34.5 Å². The Kier molecular flexibility index (Phi) is 9.92. The summed E-state index contributed by atoms with van der Waals surface area (Å²) in [6, 6.07) is 2.29. The Morgan fingerprint density at radius 1 is 1.03 bits per heavy atom. The fourth-order valence-electron chi connectivity index (χ4n) is 2.16. The van der Waals surface area contributed by atoms with Crippen LogP contribution in [0.2, 0.25) is 0 Å². The first kappa shape index (κ1) is 24.2. The molecule has 0 aliphatic carbocycles. The summed E-state index contributed by atoms with van der Waals surface area (Å²) < 4.78 is 0. The van der Waals surface area contributed by atoms with Gasteiger partial charge in [0.2, 0.25) is 17.7 Å². The van der Waals surface area contributed by atoms with Crippen LogP contribution in [0.4, 0.5) is 0 Å². The summed E-state index contributed by atoms with van der Waals surface area (Å²) in [7, 11) is 0. The lowest BCUT2D eigenvalue weighted by Gasteiger charge is -2.19. The summed E-state index contributed by atoms with van der Waals surface area (Å²) in [6.07, 6.45) is -0.0241. The Bertz CT molecular complexity index is 729. The van der Waals surface area contributed by atoms with E-state index in [2.05, 4.69) is 28.6 Å². The van der Waals surface area contributed by atoms with Crippen LogP contribution in [-0.2, 0) is 25.6 Å². The maximum absolute atomic E-state index is 12.1. The normalized spacial score (nSPS) is 13.6. The minimum atomic E-state index is -1.27. The van der Waals surface area contributed by atoms with Gasteiger partial charge in [-0.25, -0.2) is 4.79 Å². The number of aromatic hydroxyl groups is 1. The van der Waals surface area contributed by atoms with Crippen LogP contribution in [0.1, 0.15) is 5.56 Å². The maximum Gasteiger partial charge on any atom is 0.326 e. The van der Waals surface area contributed by atoms with E-state index in [1.807, 2.05) is 0 Å². The molecule has 0 saturated heterocycles. The van der Waals surface area contributed by atoms with E-state index in [1.54, 1.807) is 0 Å². The topological polar surface area (TPSA) is 191 Å². The monoisotopic (exact) mass is 428 g/mol. The Hall–Kier alpha value is -2.83. The molecule has 1 rings (SSSR count). The zero-order valence-corrected chi connectivity index (χ0v) is 16.3. The molecular weight excluding hydrogens is 404 g/mol. The third kappa shape index (κ3) is 8.37. The number of aliphatic carboxylic acids is 1. The van der Waals surface area contributed by atoms with Crippen LogP contribution in [0.5, 0.6) is 5.75 Å². The van der Waals surface area contributed by atoms with E-state index in [4.69, 9.17) is 10.8 Å². The molecule has 0 aromatic heterocycles. The van der Waals surface area contributed by atoms with Crippen LogP contribution >= 0.6 is 12.6 Å². The van der Waals surface area contributed by atoms with Crippen molar-refractivity contribution in [2.45, 2.75) is 24.5 Å². The lowest BCUT2D eigenvalue weighted by molar-refractivity contribution is -0.141. The van der Waals surface area contributed by atoms with Gasteiger partial charge in [0.1, 0.15) is 23.9 Å². The van der Waals surface area contributed by atoms with Gasteiger partial charge in [0, 0.05) is 12.2 Å². The molecule has 3 unspecified atom stereocenters. The predicted octanol–water partition coefficient (Wildman–Crippen LogP) is -2.65.